The summed E-state index contributed by atoms with van der Waals surface area (Å²) in [5, 5.41) is 3.12. The average molecular weight is 195 g/mol. The largest absolute Gasteiger partial charge is 0.377 e. The number of terminal acetylenes is 1. The lowest BCUT2D eigenvalue weighted by Crippen LogP contribution is -2.26. The first-order valence-corrected chi connectivity index (χ1v) is 5.58. The van der Waals surface area contributed by atoms with Crippen molar-refractivity contribution in [2.24, 2.45) is 5.92 Å². The maximum atomic E-state index is 5.77. The quantitative estimate of drug-likeness (QED) is 0.533. The third-order valence-corrected chi connectivity index (χ3v) is 2.75. The first-order valence-electron chi connectivity index (χ1n) is 5.58. The van der Waals surface area contributed by atoms with E-state index in [-0.39, 0.29) is 0 Å². The molecule has 2 atom stereocenters. The zero-order valence-corrected chi connectivity index (χ0v) is 9.09. The Hall–Kier alpha value is -0.520. The minimum absolute atomic E-state index is 0.492. The summed E-state index contributed by atoms with van der Waals surface area (Å²) in [5.41, 5.74) is 0. The Morgan fingerprint density at radius 1 is 1.50 bits per heavy atom. The average Bonchev–Trinajstić information content (AvgIpc) is 2.18. The van der Waals surface area contributed by atoms with E-state index in [9.17, 15) is 0 Å². The first kappa shape index (κ1) is 11.6. The second-order valence-electron chi connectivity index (χ2n) is 4.15. The third-order valence-electron chi connectivity index (χ3n) is 2.75. The highest BCUT2D eigenvalue weighted by atomic mass is 16.5. The molecule has 0 aromatic rings. The molecule has 0 aliphatic heterocycles. The lowest BCUT2D eigenvalue weighted by atomic mass is 9.89. The Kier molecular flexibility index (Phi) is 5.66. The predicted octanol–water partition coefficient (Wildman–Crippen LogP) is 1.80. The molecule has 0 amide bonds. The summed E-state index contributed by atoms with van der Waals surface area (Å²) in [6.45, 7) is 4.62. The molecule has 0 aromatic heterocycles. The standard InChI is InChI=1S/C12H21NO/c1-3-7-13-8-9-14-12-6-4-5-11(2)10-12/h1,11-13H,4-10H2,2H3. The van der Waals surface area contributed by atoms with E-state index in [1.807, 2.05) is 0 Å². The van der Waals surface area contributed by atoms with Crippen LogP contribution in [0.3, 0.4) is 0 Å². The van der Waals surface area contributed by atoms with Crippen LogP contribution >= 0.6 is 0 Å². The number of hydrogen-bond donors (Lipinski definition) is 1. The SMILES string of the molecule is C#CCNCCOC1CCCC(C)C1. The maximum Gasteiger partial charge on any atom is 0.0595 e. The Labute approximate surface area is 87.4 Å². The molecule has 14 heavy (non-hydrogen) atoms. The summed E-state index contributed by atoms with van der Waals surface area (Å²) in [6.07, 6.45) is 10.8. The van der Waals surface area contributed by atoms with Gasteiger partial charge in [-0.25, -0.2) is 0 Å². The molecule has 1 aliphatic rings. The van der Waals surface area contributed by atoms with Crippen molar-refractivity contribution in [2.45, 2.75) is 38.7 Å². The van der Waals surface area contributed by atoms with Crippen LogP contribution in [0.1, 0.15) is 32.6 Å². The van der Waals surface area contributed by atoms with Gasteiger partial charge in [0.05, 0.1) is 19.3 Å². The van der Waals surface area contributed by atoms with Crippen LogP contribution in [0.2, 0.25) is 0 Å². The first-order chi connectivity index (χ1) is 6.83. The van der Waals surface area contributed by atoms with Crippen LogP contribution < -0.4 is 5.32 Å². The molecular formula is C12H21NO. The van der Waals surface area contributed by atoms with Crippen LogP contribution in [0, 0.1) is 18.3 Å². The van der Waals surface area contributed by atoms with Gasteiger partial charge in [-0.2, -0.15) is 0 Å². The minimum atomic E-state index is 0.492. The molecule has 0 spiro atoms. The van der Waals surface area contributed by atoms with Crippen molar-refractivity contribution in [1.29, 1.82) is 0 Å². The van der Waals surface area contributed by atoms with Crippen LogP contribution in [0.4, 0.5) is 0 Å². The zero-order valence-electron chi connectivity index (χ0n) is 9.09. The Morgan fingerprint density at radius 3 is 3.07 bits per heavy atom. The Morgan fingerprint density at radius 2 is 2.36 bits per heavy atom. The predicted molar refractivity (Wildman–Crippen MR) is 59.1 cm³/mol. The van der Waals surface area contributed by atoms with Gasteiger partial charge in [0.25, 0.3) is 0 Å². The molecule has 0 saturated heterocycles. The minimum Gasteiger partial charge on any atom is -0.377 e. The summed E-state index contributed by atoms with van der Waals surface area (Å²) < 4.78 is 5.77. The number of hydrogen-bond acceptors (Lipinski definition) is 2. The molecule has 0 heterocycles. The number of ether oxygens (including phenoxy) is 1. The smallest absolute Gasteiger partial charge is 0.0595 e. The molecule has 0 aromatic carbocycles. The molecule has 2 heteroatoms. The van der Waals surface area contributed by atoms with Crippen LogP contribution in [0.25, 0.3) is 0 Å². The van der Waals surface area contributed by atoms with Crippen molar-refractivity contribution in [3.8, 4) is 12.3 Å². The topological polar surface area (TPSA) is 21.3 Å². The van der Waals surface area contributed by atoms with Gasteiger partial charge in [-0.05, 0) is 18.8 Å². The van der Waals surface area contributed by atoms with Gasteiger partial charge in [-0.15, -0.1) is 6.42 Å². The third kappa shape index (κ3) is 4.64. The van der Waals surface area contributed by atoms with Crippen molar-refractivity contribution in [1.82, 2.24) is 5.32 Å². The molecule has 0 bridgehead atoms. The number of nitrogens with one attached hydrogen (secondary N) is 1. The monoisotopic (exact) mass is 195 g/mol. The summed E-state index contributed by atoms with van der Waals surface area (Å²) in [7, 11) is 0. The molecule has 0 radical (unpaired) electrons. The van der Waals surface area contributed by atoms with Crippen molar-refractivity contribution in [3.05, 3.63) is 0 Å². The highest BCUT2D eigenvalue weighted by Crippen LogP contribution is 2.25. The molecule has 1 fully saturated rings. The highest BCUT2D eigenvalue weighted by molar-refractivity contribution is 4.86. The Balaban J connectivity index is 1.98. The van der Waals surface area contributed by atoms with E-state index < -0.39 is 0 Å². The second kappa shape index (κ2) is 6.86. The summed E-state index contributed by atoms with van der Waals surface area (Å²) in [6, 6.07) is 0. The van der Waals surface area contributed by atoms with E-state index in [1.54, 1.807) is 0 Å². The van der Waals surface area contributed by atoms with Gasteiger partial charge in [0.2, 0.25) is 0 Å². The molecule has 1 rings (SSSR count). The van der Waals surface area contributed by atoms with Crippen molar-refractivity contribution in [3.63, 3.8) is 0 Å². The van der Waals surface area contributed by atoms with Gasteiger partial charge in [0.1, 0.15) is 0 Å². The molecule has 1 saturated carbocycles. The van der Waals surface area contributed by atoms with Crippen LogP contribution in [-0.2, 0) is 4.74 Å². The van der Waals surface area contributed by atoms with Crippen LogP contribution in [0.5, 0.6) is 0 Å². The second-order valence-corrected chi connectivity index (χ2v) is 4.15. The fraction of sp³-hybridized carbons (Fsp3) is 0.833. The summed E-state index contributed by atoms with van der Waals surface area (Å²) >= 11 is 0. The molecule has 2 nitrogen and oxygen atoms in total. The van der Waals surface area contributed by atoms with Gasteiger partial charge < -0.3 is 10.1 Å². The van der Waals surface area contributed by atoms with E-state index in [1.165, 1.54) is 25.7 Å². The molecular weight excluding hydrogens is 174 g/mol. The lowest BCUT2D eigenvalue weighted by Gasteiger charge is -2.26. The molecule has 1 N–H and O–H groups in total. The summed E-state index contributed by atoms with van der Waals surface area (Å²) in [5.74, 6) is 3.39. The zero-order chi connectivity index (χ0) is 10.2. The fourth-order valence-corrected chi connectivity index (χ4v) is 1.99. The summed E-state index contributed by atoms with van der Waals surface area (Å²) in [4.78, 5) is 0. The fourth-order valence-electron chi connectivity index (χ4n) is 1.99. The molecule has 2 unspecified atom stereocenters. The van der Waals surface area contributed by atoms with E-state index in [4.69, 9.17) is 11.2 Å². The van der Waals surface area contributed by atoms with E-state index >= 15 is 0 Å². The van der Waals surface area contributed by atoms with Gasteiger partial charge >= 0.3 is 0 Å². The van der Waals surface area contributed by atoms with Gasteiger partial charge in [0.15, 0.2) is 0 Å². The van der Waals surface area contributed by atoms with Crippen molar-refractivity contribution >= 4 is 0 Å². The van der Waals surface area contributed by atoms with Gasteiger partial charge in [-0.1, -0.05) is 25.7 Å². The molecule has 80 valence electrons. The van der Waals surface area contributed by atoms with Crippen molar-refractivity contribution in [2.75, 3.05) is 19.7 Å². The normalized spacial score (nSPS) is 27.1. The van der Waals surface area contributed by atoms with E-state index in [2.05, 4.69) is 18.2 Å². The Bertz CT molecular complexity index is 185. The van der Waals surface area contributed by atoms with Gasteiger partial charge in [0, 0.05) is 6.54 Å². The van der Waals surface area contributed by atoms with E-state index in [0.29, 0.717) is 12.6 Å². The number of rotatable bonds is 5. The van der Waals surface area contributed by atoms with E-state index in [0.717, 1.165) is 19.1 Å². The van der Waals surface area contributed by atoms with Crippen molar-refractivity contribution < 1.29 is 4.74 Å². The maximum absolute atomic E-state index is 5.77. The van der Waals surface area contributed by atoms with Crippen LogP contribution in [-0.4, -0.2) is 25.8 Å². The van der Waals surface area contributed by atoms with Crippen LogP contribution in [0.15, 0.2) is 0 Å². The lowest BCUT2D eigenvalue weighted by molar-refractivity contribution is 0.0177. The highest BCUT2D eigenvalue weighted by Gasteiger charge is 2.18. The van der Waals surface area contributed by atoms with Gasteiger partial charge in [-0.3, -0.25) is 0 Å². The molecule has 1 aliphatic carbocycles.